The molecule has 116 valence electrons. The number of carbonyl (C=O) groups is 1. The van der Waals surface area contributed by atoms with E-state index in [1.54, 1.807) is 24.3 Å². The van der Waals surface area contributed by atoms with Gasteiger partial charge < -0.3 is 10.1 Å². The lowest BCUT2D eigenvalue weighted by Crippen LogP contribution is -2.42. The molecule has 0 radical (unpaired) electrons. The first-order valence-electron chi connectivity index (χ1n) is 6.81. The maximum Gasteiger partial charge on any atom is 0.255 e. The fourth-order valence-electron chi connectivity index (χ4n) is 2.59. The van der Waals surface area contributed by atoms with Gasteiger partial charge in [-0.05, 0) is 25.0 Å². The van der Waals surface area contributed by atoms with Crippen LogP contribution in [-0.4, -0.2) is 51.1 Å². The fourth-order valence-corrected chi connectivity index (χ4v) is 3.77. The van der Waals surface area contributed by atoms with Gasteiger partial charge >= 0.3 is 0 Å². The largest absolute Gasteiger partial charge is 0.496 e. The van der Waals surface area contributed by atoms with Gasteiger partial charge in [-0.2, -0.15) is 4.31 Å². The van der Waals surface area contributed by atoms with E-state index in [2.05, 4.69) is 5.32 Å². The maximum absolute atomic E-state index is 12.2. The number of nitrogens with zero attached hydrogens (tertiary/aromatic N) is 1. The first-order chi connectivity index (χ1) is 9.93. The topological polar surface area (TPSA) is 75.7 Å². The molecule has 1 aromatic carbocycles. The van der Waals surface area contributed by atoms with Gasteiger partial charge in [0.2, 0.25) is 10.0 Å². The quantitative estimate of drug-likeness (QED) is 0.874. The van der Waals surface area contributed by atoms with E-state index >= 15 is 0 Å². The minimum absolute atomic E-state index is 0.168. The molecule has 0 saturated carbocycles. The summed E-state index contributed by atoms with van der Waals surface area (Å²) in [6.45, 7) is 0.831. The normalized spacial score (nSPS) is 19.4. The summed E-state index contributed by atoms with van der Waals surface area (Å²) in [7, 11) is -1.71. The molecule has 21 heavy (non-hydrogen) atoms. The van der Waals surface area contributed by atoms with Crippen LogP contribution < -0.4 is 10.1 Å². The molecular weight excluding hydrogens is 292 g/mol. The molecule has 1 amide bonds. The van der Waals surface area contributed by atoms with Gasteiger partial charge in [-0.15, -0.1) is 0 Å². The number of methoxy groups -OCH3 is 1. The SMILES string of the molecule is COc1ccccc1C(=O)NCC1CCCN1S(C)(=O)=O. The van der Waals surface area contributed by atoms with Crippen LogP contribution in [0.15, 0.2) is 24.3 Å². The Morgan fingerprint density at radius 2 is 2.14 bits per heavy atom. The number of benzene rings is 1. The lowest BCUT2D eigenvalue weighted by molar-refractivity contribution is 0.0943. The van der Waals surface area contributed by atoms with E-state index in [9.17, 15) is 13.2 Å². The van der Waals surface area contributed by atoms with E-state index in [0.717, 1.165) is 12.8 Å². The van der Waals surface area contributed by atoms with Crippen LogP contribution in [0.1, 0.15) is 23.2 Å². The van der Waals surface area contributed by atoms with Gasteiger partial charge in [0, 0.05) is 19.1 Å². The molecule has 1 aromatic rings. The molecule has 1 N–H and O–H groups in total. The van der Waals surface area contributed by atoms with Gasteiger partial charge in [0.05, 0.1) is 18.9 Å². The maximum atomic E-state index is 12.2. The van der Waals surface area contributed by atoms with Crippen molar-refractivity contribution in [1.29, 1.82) is 0 Å². The lowest BCUT2D eigenvalue weighted by Gasteiger charge is -2.22. The van der Waals surface area contributed by atoms with Crippen molar-refractivity contribution < 1.29 is 17.9 Å². The zero-order chi connectivity index (χ0) is 15.5. The Kier molecular flexibility index (Phi) is 4.84. The molecule has 0 aromatic heterocycles. The van der Waals surface area contributed by atoms with Crippen molar-refractivity contribution >= 4 is 15.9 Å². The Morgan fingerprint density at radius 3 is 2.81 bits per heavy atom. The second-order valence-corrected chi connectivity index (χ2v) is 7.02. The Bertz CT molecular complexity index is 615. The Balaban J connectivity index is 2.01. The predicted molar refractivity (Wildman–Crippen MR) is 79.9 cm³/mol. The molecule has 0 aliphatic carbocycles. The number of rotatable bonds is 5. The Labute approximate surface area is 125 Å². The van der Waals surface area contributed by atoms with Crippen molar-refractivity contribution in [3.63, 3.8) is 0 Å². The number of sulfonamides is 1. The van der Waals surface area contributed by atoms with Gasteiger partial charge in [0.1, 0.15) is 5.75 Å². The van der Waals surface area contributed by atoms with Crippen LogP contribution in [0.25, 0.3) is 0 Å². The minimum atomic E-state index is -3.22. The van der Waals surface area contributed by atoms with Crippen molar-refractivity contribution in [3.8, 4) is 5.75 Å². The number of ether oxygens (including phenoxy) is 1. The highest BCUT2D eigenvalue weighted by atomic mass is 32.2. The Hall–Kier alpha value is -1.60. The summed E-state index contributed by atoms with van der Waals surface area (Å²) in [4.78, 5) is 12.2. The summed E-state index contributed by atoms with van der Waals surface area (Å²) in [5.41, 5.74) is 0.448. The third-order valence-corrected chi connectivity index (χ3v) is 4.93. The van der Waals surface area contributed by atoms with Gasteiger partial charge in [-0.3, -0.25) is 4.79 Å². The van der Waals surface area contributed by atoms with Crippen molar-refractivity contribution in [3.05, 3.63) is 29.8 Å². The number of amides is 1. The summed E-state index contributed by atoms with van der Waals surface area (Å²) in [6, 6.07) is 6.77. The minimum Gasteiger partial charge on any atom is -0.496 e. The third-order valence-electron chi connectivity index (χ3n) is 3.60. The van der Waals surface area contributed by atoms with Crippen LogP contribution >= 0.6 is 0 Å². The van der Waals surface area contributed by atoms with E-state index in [1.807, 2.05) is 0 Å². The first kappa shape index (κ1) is 15.8. The van der Waals surface area contributed by atoms with Crippen molar-refractivity contribution in [2.75, 3.05) is 26.5 Å². The monoisotopic (exact) mass is 312 g/mol. The van der Waals surface area contributed by atoms with Crippen LogP contribution in [0.2, 0.25) is 0 Å². The van der Waals surface area contributed by atoms with Crippen LogP contribution in [0.3, 0.4) is 0 Å². The number of para-hydroxylation sites is 1. The molecule has 1 saturated heterocycles. The van der Waals surface area contributed by atoms with E-state index < -0.39 is 10.0 Å². The smallest absolute Gasteiger partial charge is 0.255 e. The summed E-state index contributed by atoms with van der Waals surface area (Å²) in [6.07, 6.45) is 2.79. The number of carbonyl (C=O) groups excluding carboxylic acids is 1. The Morgan fingerprint density at radius 1 is 1.43 bits per heavy atom. The molecule has 1 unspecified atom stereocenters. The molecule has 1 aliphatic rings. The van der Waals surface area contributed by atoms with E-state index in [0.29, 0.717) is 24.4 Å². The van der Waals surface area contributed by atoms with Gasteiger partial charge in [-0.25, -0.2) is 8.42 Å². The summed E-state index contributed by atoms with van der Waals surface area (Å²) in [5.74, 6) is 0.245. The third kappa shape index (κ3) is 3.74. The average Bonchev–Trinajstić information content (AvgIpc) is 2.93. The zero-order valence-electron chi connectivity index (χ0n) is 12.2. The molecule has 6 nitrogen and oxygen atoms in total. The van der Waals surface area contributed by atoms with Gasteiger partial charge in [-0.1, -0.05) is 12.1 Å². The number of hydrogen-bond donors (Lipinski definition) is 1. The van der Waals surface area contributed by atoms with Crippen LogP contribution in [0, 0.1) is 0 Å². The molecule has 1 heterocycles. The zero-order valence-corrected chi connectivity index (χ0v) is 13.0. The second-order valence-electron chi connectivity index (χ2n) is 5.08. The highest BCUT2D eigenvalue weighted by Crippen LogP contribution is 2.20. The molecule has 7 heteroatoms. The summed E-state index contributed by atoms with van der Waals surface area (Å²) in [5, 5.41) is 2.79. The molecule has 1 fully saturated rings. The van der Waals surface area contributed by atoms with Crippen LogP contribution in [0.4, 0.5) is 0 Å². The molecular formula is C14H20N2O4S. The summed E-state index contributed by atoms with van der Waals surface area (Å²) < 4.78 is 29.9. The number of hydrogen-bond acceptors (Lipinski definition) is 4. The molecule has 2 rings (SSSR count). The molecule has 1 atom stereocenters. The standard InChI is InChI=1S/C14H20N2O4S/c1-20-13-8-4-3-7-12(13)14(17)15-10-11-6-5-9-16(11)21(2,18)19/h3-4,7-8,11H,5-6,9-10H2,1-2H3,(H,15,17). The highest BCUT2D eigenvalue weighted by Gasteiger charge is 2.31. The van der Waals surface area contributed by atoms with E-state index in [-0.39, 0.29) is 11.9 Å². The molecule has 1 aliphatic heterocycles. The van der Waals surface area contributed by atoms with Crippen molar-refractivity contribution in [2.24, 2.45) is 0 Å². The lowest BCUT2D eigenvalue weighted by atomic mass is 10.1. The predicted octanol–water partition coefficient (Wildman–Crippen LogP) is 0.849. The van der Waals surface area contributed by atoms with Gasteiger partial charge in [0.15, 0.2) is 0 Å². The van der Waals surface area contributed by atoms with Gasteiger partial charge in [0.25, 0.3) is 5.91 Å². The van der Waals surface area contributed by atoms with Crippen LogP contribution in [0.5, 0.6) is 5.75 Å². The van der Waals surface area contributed by atoms with Crippen LogP contribution in [-0.2, 0) is 10.0 Å². The molecule has 0 bridgehead atoms. The molecule has 0 spiro atoms. The number of nitrogens with one attached hydrogen (secondary N) is 1. The van der Waals surface area contributed by atoms with E-state index in [4.69, 9.17) is 4.74 Å². The summed E-state index contributed by atoms with van der Waals surface area (Å²) >= 11 is 0. The first-order valence-corrected chi connectivity index (χ1v) is 8.66. The van der Waals surface area contributed by atoms with Crippen molar-refractivity contribution in [2.45, 2.75) is 18.9 Å². The second kappa shape index (κ2) is 6.44. The fraction of sp³-hybridized carbons (Fsp3) is 0.500. The van der Waals surface area contributed by atoms with E-state index in [1.165, 1.54) is 17.7 Å². The highest BCUT2D eigenvalue weighted by molar-refractivity contribution is 7.88. The van der Waals surface area contributed by atoms with Crippen molar-refractivity contribution in [1.82, 2.24) is 9.62 Å². The average molecular weight is 312 g/mol.